The molecule has 6 nitrogen and oxygen atoms in total. The highest BCUT2D eigenvalue weighted by atomic mass is 79.9. The molecule has 0 saturated carbocycles. The molecule has 2 rings (SSSR count). The van der Waals surface area contributed by atoms with E-state index in [9.17, 15) is 4.79 Å². The molecule has 0 bridgehead atoms. The molecule has 0 radical (unpaired) electrons. The molecule has 0 unspecified atom stereocenters. The number of carbonyl (C=O) groups is 1. The highest BCUT2D eigenvalue weighted by Crippen LogP contribution is 2.21. The quantitative estimate of drug-likeness (QED) is 0.936. The van der Waals surface area contributed by atoms with Crippen LogP contribution in [0.4, 0.5) is 0 Å². The van der Waals surface area contributed by atoms with Gasteiger partial charge in [0.05, 0.1) is 22.4 Å². The van der Waals surface area contributed by atoms with Gasteiger partial charge in [-0.3, -0.25) is 9.36 Å². The lowest BCUT2D eigenvalue weighted by Gasteiger charge is -2.05. The summed E-state index contributed by atoms with van der Waals surface area (Å²) in [7, 11) is 0. The summed E-state index contributed by atoms with van der Waals surface area (Å²) >= 11 is 3.49. The fourth-order valence-corrected chi connectivity index (χ4v) is 2.15. The highest BCUT2D eigenvalue weighted by Gasteiger charge is 2.14. The van der Waals surface area contributed by atoms with E-state index in [1.807, 2.05) is 18.5 Å². The van der Waals surface area contributed by atoms with Gasteiger partial charge < -0.3 is 5.11 Å². The van der Waals surface area contributed by atoms with Crippen LogP contribution in [0.1, 0.15) is 28.8 Å². The van der Waals surface area contributed by atoms with E-state index >= 15 is 0 Å². The fraction of sp³-hybridized carbons (Fsp3) is 0.364. The van der Waals surface area contributed by atoms with Crippen molar-refractivity contribution in [3.8, 4) is 0 Å². The Balaban J connectivity index is 2.30. The van der Waals surface area contributed by atoms with E-state index < -0.39 is 5.97 Å². The van der Waals surface area contributed by atoms with Crippen LogP contribution in [0, 0.1) is 6.92 Å². The standard InChI is InChI=1S/C11H13BrN4O2/c1-3-16-9(10(12)7(2)13-16)6-15-5-4-8(14-15)11(17)18/h4-5H,3,6H2,1-2H3,(H,17,18). The van der Waals surface area contributed by atoms with Crippen LogP contribution in [-0.2, 0) is 13.1 Å². The summed E-state index contributed by atoms with van der Waals surface area (Å²) in [5.74, 6) is -1.02. The second-order valence-corrected chi connectivity index (χ2v) is 4.66. The molecule has 18 heavy (non-hydrogen) atoms. The first-order chi connectivity index (χ1) is 8.52. The minimum Gasteiger partial charge on any atom is -0.476 e. The maximum Gasteiger partial charge on any atom is 0.356 e. The Morgan fingerprint density at radius 1 is 1.50 bits per heavy atom. The van der Waals surface area contributed by atoms with Crippen molar-refractivity contribution in [2.45, 2.75) is 26.9 Å². The summed E-state index contributed by atoms with van der Waals surface area (Å²) in [5, 5.41) is 17.2. The van der Waals surface area contributed by atoms with Crippen molar-refractivity contribution in [3.63, 3.8) is 0 Å². The first-order valence-electron chi connectivity index (χ1n) is 5.51. The Kier molecular flexibility index (Phi) is 3.51. The lowest BCUT2D eigenvalue weighted by Crippen LogP contribution is -2.09. The molecule has 96 valence electrons. The number of hydrogen-bond donors (Lipinski definition) is 1. The van der Waals surface area contributed by atoms with Crippen LogP contribution < -0.4 is 0 Å². The molecule has 0 aliphatic heterocycles. The first-order valence-corrected chi connectivity index (χ1v) is 6.30. The van der Waals surface area contributed by atoms with Crippen LogP contribution in [0.5, 0.6) is 0 Å². The van der Waals surface area contributed by atoms with Gasteiger partial charge in [-0.05, 0) is 35.8 Å². The SMILES string of the molecule is CCn1nc(C)c(Br)c1Cn1ccc(C(=O)O)n1. The molecule has 1 N–H and O–H groups in total. The predicted octanol–water partition coefficient (Wildman–Crippen LogP) is 1.92. The first kappa shape index (κ1) is 12.8. The van der Waals surface area contributed by atoms with Crippen LogP contribution in [0.15, 0.2) is 16.7 Å². The number of rotatable bonds is 4. The van der Waals surface area contributed by atoms with Gasteiger partial charge in [-0.1, -0.05) is 0 Å². The Bertz CT molecular complexity index is 588. The molecule has 0 saturated heterocycles. The van der Waals surface area contributed by atoms with E-state index in [1.54, 1.807) is 10.9 Å². The second-order valence-electron chi connectivity index (χ2n) is 3.87. The van der Waals surface area contributed by atoms with Crippen molar-refractivity contribution in [1.82, 2.24) is 19.6 Å². The number of aromatic carboxylic acids is 1. The van der Waals surface area contributed by atoms with Crippen LogP contribution >= 0.6 is 15.9 Å². The number of hydrogen-bond acceptors (Lipinski definition) is 3. The Morgan fingerprint density at radius 3 is 2.78 bits per heavy atom. The number of nitrogens with zero attached hydrogens (tertiary/aromatic N) is 4. The maximum absolute atomic E-state index is 10.8. The zero-order valence-corrected chi connectivity index (χ0v) is 11.7. The van der Waals surface area contributed by atoms with E-state index in [0.717, 1.165) is 22.4 Å². The lowest BCUT2D eigenvalue weighted by atomic mass is 10.3. The molecule has 0 aromatic carbocycles. The van der Waals surface area contributed by atoms with Gasteiger partial charge in [0.2, 0.25) is 0 Å². The summed E-state index contributed by atoms with van der Waals surface area (Å²) < 4.78 is 4.41. The van der Waals surface area contributed by atoms with E-state index in [4.69, 9.17) is 5.11 Å². The molecular formula is C11H13BrN4O2. The fourth-order valence-electron chi connectivity index (χ4n) is 1.74. The summed E-state index contributed by atoms with van der Waals surface area (Å²) in [4.78, 5) is 10.8. The van der Waals surface area contributed by atoms with E-state index in [2.05, 4.69) is 26.1 Å². The molecule has 0 atom stereocenters. The Hall–Kier alpha value is -1.63. The van der Waals surface area contributed by atoms with Gasteiger partial charge in [0.1, 0.15) is 0 Å². The Morgan fingerprint density at radius 2 is 2.22 bits per heavy atom. The Labute approximate surface area is 112 Å². The zero-order valence-electron chi connectivity index (χ0n) is 10.1. The molecule has 2 aromatic heterocycles. The third-order valence-electron chi connectivity index (χ3n) is 2.62. The molecule has 2 aromatic rings. The van der Waals surface area contributed by atoms with Crippen molar-refractivity contribution in [2.75, 3.05) is 0 Å². The summed E-state index contributed by atoms with van der Waals surface area (Å²) in [6.45, 7) is 5.18. The highest BCUT2D eigenvalue weighted by molar-refractivity contribution is 9.10. The molecule has 0 spiro atoms. The molecule has 0 aliphatic carbocycles. The lowest BCUT2D eigenvalue weighted by molar-refractivity contribution is 0.0689. The number of carboxylic acid groups (broad SMARTS) is 1. The van der Waals surface area contributed by atoms with Crippen LogP contribution in [0.3, 0.4) is 0 Å². The largest absolute Gasteiger partial charge is 0.476 e. The average molecular weight is 313 g/mol. The van der Waals surface area contributed by atoms with Crippen molar-refractivity contribution in [2.24, 2.45) is 0 Å². The van der Waals surface area contributed by atoms with Gasteiger partial charge in [0.15, 0.2) is 5.69 Å². The summed E-state index contributed by atoms with van der Waals surface area (Å²) in [6, 6.07) is 1.48. The van der Waals surface area contributed by atoms with Crippen LogP contribution in [0.25, 0.3) is 0 Å². The molecule has 0 fully saturated rings. The minimum absolute atomic E-state index is 0.0467. The normalized spacial score (nSPS) is 10.8. The van der Waals surface area contributed by atoms with Gasteiger partial charge >= 0.3 is 5.97 Å². The van der Waals surface area contributed by atoms with Gasteiger partial charge in [0, 0.05) is 12.7 Å². The maximum atomic E-state index is 10.8. The van der Waals surface area contributed by atoms with E-state index in [1.165, 1.54) is 6.07 Å². The van der Waals surface area contributed by atoms with Crippen molar-refractivity contribution >= 4 is 21.9 Å². The van der Waals surface area contributed by atoms with Gasteiger partial charge in [0.25, 0.3) is 0 Å². The summed E-state index contributed by atoms with van der Waals surface area (Å²) in [6.07, 6.45) is 1.65. The molecule has 0 aliphatic rings. The van der Waals surface area contributed by atoms with E-state index in [-0.39, 0.29) is 5.69 Å². The average Bonchev–Trinajstić information content (AvgIpc) is 2.89. The van der Waals surface area contributed by atoms with Gasteiger partial charge in [-0.25, -0.2) is 4.79 Å². The number of aromatic nitrogens is 4. The number of halogens is 1. The molecular weight excluding hydrogens is 300 g/mol. The third kappa shape index (κ3) is 2.31. The third-order valence-corrected chi connectivity index (χ3v) is 3.66. The predicted molar refractivity (Wildman–Crippen MR) is 68.6 cm³/mol. The van der Waals surface area contributed by atoms with Gasteiger partial charge in [-0.2, -0.15) is 10.2 Å². The minimum atomic E-state index is -1.02. The molecule has 2 heterocycles. The molecule has 0 amide bonds. The number of aryl methyl sites for hydroxylation is 2. The molecule has 7 heteroatoms. The van der Waals surface area contributed by atoms with Crippen molar-refractivity contribution in [1.29, 1.82) is 0 Å². The monoisotopic (exact) mass is 312 g/mol. The zero-order chi connectivity index (χ0) is 13.3. The van der Waals surface area contributed by atoms with Crippen molar-refractivity contribution < 1.29 is 9.90 Å². The van der Waals surface area contributed by atoms with Crippen LogP contribution in [0.2, 0.25) is 0 Å². The van der Waals surface area contributed by atoms with Crippen LogP contribution in [-0.4, -0.2) is 30.6 Å². The topological polar surface area (TPSA) is 72.9 Å². The second kappa shape index (κ2) is 4.93. The number of carboxylic acids is 1. The van der Waals surface area contributed by atoms with Crippen molar-refractivity contribution in [3.05, 3.63) is 33.8 Å². The smallest absolute Gasteiger partial charge is 0.356 e. The van der Waals surface area contributed by atoms with Gasteiger partial charge in [-0.15, -0.1) is 0 Å². The summed E-state index contributed by atoms with van der Waals surface area (Å²) in [5.41, 5.74) is 1.94. The van der Waals surface area contributed by atoms with E-state index in [0.29, 0.717) is 6.54 Å².